The van der Waals surface area contributed by atoms with Gasteiger partial charge in [-0.3, -0.25) is 9.89 Å². The van der Waals surface area contributed by atoms with Gasteiger partial charge in [-0.05, 0) is 18.3 Å². The summed E-state index contributed by atoms with van der Waals surface area (Å²) in [5, 5.41) is 6.45. The van der Waals surface area contributed by atoms with Gasteiger partial charge >= 0.3 is 0 Å². The van der Waals surface area contributed by atoms with Crippen LogP contribution in [0.2, 0.25) is 0 Å². The average molecular weight is 294 g/mol. The number of nitrogens with zero attached hydrogens (tertiary/aromatic N) is 2. The van der Waals surface area contributed by atoms with Gasteiger partial charge < -0.3 is 15.3 Å². The first-order valence-corrected chi connectivity index (χ1v) is 6.14. The van der Waals surface area contributed by atoms with Gasteiger partial charge in [0.25, 0.3) is 5.56 Å². The van der Waals surface area contributed by atoms with Crippen LogP contribution in [-0.4, -0.2) is 29.1 Å². The molecule has 0 fully saturated rings. The van der Waals surface area contributed by atoms with Gasteiger partial charge in [0.15, 0.2) is 11.5 Å². The van der Waals surface area contributed by atoms with E-state index in [9.17, 15) is 4.79 Å². The van der Waals surface area contributed by atoms with E-state index >= 15 is 0 Å². The van der Waals surface area contributed by atoms with Crippen LogP contribution in [0.4, 0.5) is 0 Å². The third kappa shape index (κ3) is 2.50. The van der Waals surface area contributed by atoms with E-state index < -0.39 is 5.56 Å². The van der Waals surface area contributed by atoms with Crippen LogP contribution >= 0.6 is 12.2 Å². The second-order valence-electron chi connectivity index (χ2n) is 3.98. The second-order valence-corrected chi connectivity index (χ2v) is 4.37. The zero-order valence-electron chi connectivity index (χ0n) is 11.0. The zero-order valence-corrected chi connectivity index (χ0v) is 11.9. The summed E-state index contributed by atoms with van der Waals surface area (Å²) < 4.78 is 11.4. The van der Waals surface area contributed by atoms with Crippen LogP contribution in [0.3, 0.4) is 0 Å². The summed E-state index contributed by atoms with van der Waals surface area (Å²) in [5.74, 6) is 6.68. The Morgan fingerprint density at radius 3 is 2.80 bits per heavy atom. The van der Waals surface area contributed by atoms with E-state index in [1.807, 2.05) is 12.1 Å². The summed E-state index contributed by atoms with van der Waals surface area (Å²) >= 11 is 4.83. The molecule has 1 aromatic carbocycles. The third-order valence-corrected chi connectivity index (χ3v) is 3.10. The van der Waals surface area contributed by atoms with Crippen molar-refractivity contribution >= 4 is 12.2 Å². The molecule has 0 amide bonds. The van der Waals surface area contributed by atoms with Crippen molar-refractivity contribution in [3.05, 3.63) is 44.6 Å². The number of benzene rings is 1. The Morgan fingerprint density at radius 2 is 2.15 bits per heavy atom. The molecule has 1 aromatic heterocycles. The largest absolute Gasteiger partial charge is 0.493 e. The molecule has 0 aliphatic heterocycles. The minimum Gasteiger partial charge on any atom is -0.493 e. The molecule has 7 nitrogen and oxygen atoms in total. The highest BCUT2D eigenvalue weighted by Gasteiger charge is 2.13. The first-order chi connectivity index (χ1) is 9.58. The Morgan fingerprint density at radius 1 is 1.40 bits per heavy atom. The van der Waals surface area contributed by atoms with Crippen molar-refractivity contribution in [1.82, 2.24) is 14.9 Å². The van der Waals surface area contributed by atoms with Crippen LogP contribution in [0.15, 0.2) is 23.0 Å². The number of rotatable bonds is 4. The van der Waals surface area contributed by atoms with E-state index in [-0.39, 0.29) is 16.9 Å². The molecule has 0 bridgehead atoms. The SMILES string of the molecule is COc1cccc(Cc2n[nH]c(=S)n(N)c2=O)c1OC. The highest BCUT2D eigenvalue weighted by molar-refractivity contribution is 7.71. The first kappa shape index (κ1) is 14.1. The van der Waals surface area contributed by atoms with Crippen LogP contribution in [0.5, 0.6) is 11.5 Å². The van der Waals surface area contributed by atoms with Gasteiger partial charge in [0.1, 0.15) is 5.69 Å². The van der Waals surface area contributed by atoms with Crippen molar-refractivity contribution in [2.75, 3.05) is 20.1 Å². The molecule has 0 aliphatic rings. The molecule has 0 atom stereocenters. The lowest BCUT2D eigenvalue weighted by Crippen LogP contribution is -2.32. The number of nitrogen functional groups attached to an aromatic ring is 1. The predicted molar refractivity (Wildman–Crippen MR) is 76.2 cm³/mol. The Kier molecular flexibility index (Phi) is 4.04. The molecule has 0 saturated heterocycles. The number of aromatic nitrogens is 3. The van der Waals surface area contributed by atoms with E-state index in [0.717, 1.165) is 10.2 Å². The minimum absolute atomic E-state index is 0.0661. The van der Waals surface area contributed by atoms with Crippen molar-refractivity contribution in [3.63, 3.8) is 0 Å². The number of ether oxygens (including phenoxy) is 2. The highest BCUT2D eigenvalue weighted by atomic mass is 32.1. The molecular formula is C12H14N4O3S. The van der Waals surface area contributed by atoms with Gasteiger partial charge in [0.2, 0.25) is 4.77 Å². The minimum atomic E-state index is -0.446. The van der Waals surface area contributed by atoms with Crippen LogP contribution in [-0.2, 0) is 6.42 Å². The van der Waals surface area contributed by atoms with E-state index in [1.165, 1.54) is 7.11 Å². The fourth-order valence-electron chi connectivity index (χ4n) is 1.84. The maximum atomic E-state index is 12.0. The van der Waals surface area contributed by atoms with Gasteiger partial charge in [-0.2, -0.15) is 9.77 Å². The molecular weight excluding hydrogens is 280 g/mol. The lowest BCUT2D eigenvalue weighted by molar-refractivity contribution is 0.352. The number of para-hydroxylation sites is 1. The smallest absolute Gasteiger partial charge is 0.295 e. The molecule has 8 heteroatoms. The lowest BCUT2D eigenvalue weighted by Gasteiger charge is -2.12. The highest BCUT2D eigenvalue weighted by Crippen LogP contribution is 2.31. The Hall–Kier alpha value is -2.35. The van der Waals surface area contributed by atoms with Crippen LogP contribution in [0, 0.1) is 4.77 Å². The van der Waals surface area contributed by atoms with Gasteiger partial charge in [0, 0.05) is 12.0 Å². The number of methoxy groups -OCH3 is 2. The summed E-state index contributed by atoms with van der Waals surface area (Å²) in [4.78, 5) is 12.0. The van der Waals surface area contributed by atoms with Crippen molar-refractivity contribution < 1.29 is 9.47 Å². The molecule has 0 unspecified atom stereocenters. The standard InChI is InChI=1S/C12H14N4O3S/c1-18-9-5-3-4-7(10(9)19-2)6-8-11(17)16(13)12(20)15-14-8/h3-5H,6,13H2,1-2H3,(H,15,20). The van der Waals surface area contributed by atoms with E-state index in [4.69, 9.17) is 27.5 Å². The third-order valence-electron chi connectivity index (χ3n) is 2.81. The Balaban J connectivity index is 2.48. The van der Waals surface area contributed by atoms with Crippen LogP contribution in [0.25, 0.3) is 0 Å². The summed E-state index contributed by atoms with van der Waals surface area (Å²) in [6.07, 6.45) is 0.252. The van der Waals surface area contributed by atoms with Crippen molar-refractivity contribution in [3.8, 4) is 11.5 Å². The molecule has 0 aliphatic carbocycles. The summed E-state index contributed by atoms with van der Waals surface area (Å²) in [6.45, 7) is 0. The van der Waals surface area contributed by atoms with Crippen LogP contribution < -0.4 is 20.9 Å². The number of hydrogen-bond donors (Lipinski definition) is 2. The molecule has 2 rings (SSSR count). The average Bonchev–Trinajstić information content (AvgIpc) is 2.47. The normalized spacial score (nSPS) is 10.3. The quantitative estimate of drug-likeness (QED) is 0.634. The summed E-state index contributed by atoms with van der Waals surface area (Å²) in [5.41, 5.74) is 0.563. The number of nitrogens with one attached hydrogen (secondary N) is 1. The molecule has 0 spiro atoms. The van der Waals surface area contributed by atoms with Crippen molar-refractivity contribution in [1.29, 1.82) is 0 Å². The fraction of sp³-hybridized carbons (Fsp3) is 0.250. The van der Waals surface area contributed by atoms with Gasteiger partial charge in [-0.15, -0.1) is 0 Å². The topological polar surface area (TPSA) is 95.2 Å². The van der Waals surface area contributed by atoms with Gasteiger partial charge in [-0.25, -0.2) is 0 Å². The Labute approximate surface area is 119 Å². The maximum Gasteiger partial charge on any atom is 0.295 e. The van der Waals surface area contributed by atoms with E-state index in [1.54, 1.807) is 13.2 Å². The molecule has 20 heavy (non-hydrogen) atoms. The van der Waals surface area contributed by atoms with Crippen molar-refractivity contribution in [2.45, 2.75) is 6.42 Å². The van der Waals surface area contributed by atoms with Gasteiger partial charge in [-0.1, -0.05) is 12.1 Å². The monoisotopic (exact) mass is 294 g/mol. The molecule has 2 aromatic rings. The molecule has 0 saturated carbocycles. The molecule has 106 valence electrons. The number of aromatic amines is 1. The zero-order chi connectivity index (χ0) is 14.7. The first-order valence-electron chi connectivity index (χ1n) is 5.74. The predicted octanol–water partition coefficient (Wildman–Crippen LogP) is 0.623. The molecule has 0 radical (unpaired) electrons. The van der Waals surface area contributed by atoms with E-state index in [0.29, 0.717) is 11.5 Å². The van der Waals surface area contributed by atoms with E-state index in [2.05, 4.69) is 10.2 Å². The molecule has 3 N–H and O–H groups in total. The number of H-pyrrole nitrogens is 1. The Bertz CT molecular complexity index is 738. The number of hydrogen-bond acceptors (Lipinski definition) is 6. The van der Waals surface area contributed by atoms with Crippen molar-refractivity contribution in [2.24, 2.45) is 0 Å². The summed E-state index contributed by atoms with van der Waals surface area (Å²) in [6, 6.07) is 5.41. The second kappa shape index (κ2) is 5.74. The summed E-state index contributed by atoms with van der Waals surface area (Å²) in [7, 11) is 3.08. The fourth-order valence-corrected chi connectivity index (χ4v) is 1.97. The van der Waals surface area contributed by atoms with Crippen LogP contribution in [0.1, 0.15) is 11.3 Å². The lowest BCUT2D eigenvalue weighted by atomic mass is 10.1. The number of nitrogens with two attached hydrogens (primary N) is 1. The van der Waals surface area contributed by atoms with Gasteiger partial charge in [0.05, 0.1) is 14.2 Å². The molecule has 1 heterocycles. The maximum absolute atomic E-state index is 12.0.